The summed E-state index contributed by atoms with van der Waals surface area (Å²) in [6, 6.07) is 12.0. The molecule has 0 spiro atoms. The van der Waals surface area contributed by atoms with Gasteiger partial charge in [0.2, 0.25) is 5.88 Å². The van der Waals surface area contributed by atoms with Crippen LogP contribution in [0, 0.1) is 0 Å². The summed E-state index contributed by atoms with van der Waals surface area (Å²) < 4.78 is 8.02. The summed E-state index contributed by atoms with van der Waals surface area (Å²) >= 11 is 0. The summed E-state index contributed by atoms with van der Waals surface area (Å²) in [4.78, 5) is 12.8. The number of fused-ring (bicyclic) bond motifs is 2. The number of ether oxygens (including phenoxy) is 1. The quantitative estimate of drug-likeness (QED) is 0.495. The van der Waals surface area contributed by atoms with Crippen LogP contribution in [0.4, 0.5) is 11.5 Å². The van der Waals surface area contributed by atoms with Gasteiger partial charge in [0.05, 0.1) is 6.26 Å². The van der Waals surface area contributed by atoms with Crippen LogP contribution in [0.15, 0.2) is 73.0 Å². The average Bonchev–Trinajstić information content (AvgIpc) is 3.25. The predicted octanol–water partition coefficient (Wildman–Crippen LogP) is 3.93. The SMILES string of the molecule is Nc1nccc2cc(NCc3ccnc(O/C=C4\CCn5ccnc5C4)c3)ccc12. The molecule has 30 heavy (non-hydrogen) atoms. The lowest BCUT2D eigenvalue weighted by atomic mass is 10.1. The van der Waals surface area contributed by atoms with Crippen molar-refractivity contribution in [2.45, 2.75) is 25.9 Å². The van der Waals surface area contributed by atoms with Crippen LogP contribution >= 0.6 is 0 Å². The number of hydrogen-bond donors (Lipinski definition) is 2. The van der Waals surface area contributed by atoms with Gasteiger partial charge in [-0.3, -0.25) is 0 Å². The van der Waals surface area contributed by atoms with Crippen molar-refractivity contribution in [3.63, 3.8) is 0 Å². The minimum Gasteiger partial charge on any atom is -0.447 e. The number of benzene rings is 1. The van der Waals surface area contributed by atoms with E-state index in [9.17, 15) is 0 Å². The number of imidazole rings is 1. The number of aryl methyl sites for hydroxylation is 1. The zero-order chi connectivity index (χ0) is 20.3. The fraction of sp³-hybridized carbons (Fsp3) is 0.174. The molecular formula is C23H22N6O. The molecule has 3 aromatic heterocycles. The third-order valence-corrected chi connectivity index (χ3v) is 5.30. The number of anilines is 2. The number of nitrogen functional groups attached to an aromatic ring is 1. The number of hydrogen-bond acceptors (Lipinski definition) is 6. The Balaban J connectivity index is 1.24. The Morgan fingerprint density at radius 3 is 2.97 bits per heavy atom. The van der Waals surface area contributed by atoms with Crippen LogP contribution in [-0.2, 0) is 19.5 Å². The molecule has 5 rings (SSSR count). The smallest absolute Gasteiger partial charge is 0.218 e. The fourth-order valence-corrected chi connectivity index (χ4v) is 3.65. The van der Waals surface area contributed by atoms with Gasteiger partial charge in [-0.1, -0.05) is 0 Å². The Labute approximate surface area is 174 Å². The van der Waals surface area contributed by atoms with Gasteiger partial charge >= 0.3 is 0 Å². The predicted molar refractivity (Wildman–Crippen MR) is 117 cm³/mol. The van der Waals surface area contributed by atoms with Gasteiger partial charge in [0.25, 0.3) is 0 Å². The van der Waals surface area contributed by atoms with Crippen molar-refractivity contribution in [1.82, 2.24) is 19.5 Å². The Hall–Kier alpha value is -3.87. The lowest BCUT2D eigenvalue weighted by molar-refractivity contribution is 0.444. The minimum atomic E-state index is 0.547. The lowest BCUT2D eigenvalue weighted by Gasteiger charge is -2.16. The van der Waals surface area contributed by atoms with Crippen LogP contribution in [0.25, 0.3) is 10.8 Å². The standard InChI is InChI=1S/C23H22N6O/c24-23-20-2-1-19(13-18(20)4-7-27-23)28-14-16-3-6-26-22(12-16)30-15-17-5-9-29-10-8-25-21(29)11-17/h1-4,6-8,10,12-13,15,28H,5,9,11,14H2,(H2,24,27)/b17-15+. The van der Waals surface area contributed by atoms with Gasteiger partial charge in [0.1, 0.15) is 11.6 Å². The summed E-state index contributed by atoms with van der Waals surface area (Å²) in [6.45, 7) is 1.61. The first-order valence-electron chi connectivity index (χ1n) is 9.92. The largest absolute Gasteiger partial charge is 0.447 e. The first kappa shape index (κ1) is 18.2. The summed E-state index contributed by atoms with van der Waals surface area (Å²) in [5, 5.41) is 5.46. The highest BCUT2D eigenvalue weighted by atomic mass is 16.5. The zero-order valence-corrected chi connectivity index (χ0v) is 16.5. The van der Waals surface area contributed by atoms with Crippen molar-refractivity contribution >= 4 is 22.3 Å². The molecule has 0 radical (unpaired) electrons. The normalized spacial score (nSPS) is 14.6. The number of nitrogens with one attached hydrogen (secondary N) is 1. The van der Waals surface area contributed by atoms with Crippen LogP contribution in [0.5, 0.6) is 5.88 Å². The molecule has 1 aliphatic rings. The van der Waals surface area contributed by atoms with Gasteiger partial charge in [0, 0.05) is 61.4 Å². The molecular weight excluding hydrogens is 376 g/mol. The molecule has 0 amide bonds. The number of nitrogens with zero attached hydrogens (tertiary/aromatic N) is 4. The zero-order valence-electron chi connectivity index (χ0n) is 16.5. The molecule has 0 unspecified atom stereocenters. The Morgan fingerprint density at radius 1 is 1.07 bits per heavy atom. The van der Waals surface area contributed by atoms with Crippen molar-refractivity contribution < 1.29 is 4.74 Å². The van der Waals surface area contributed by atoms with E-state index in [0.29, 0.717) is 18.2 Å². The van der Waals surface area contributed by atoms with E-state index in [2.05, 4.69) is 30.9 Å². The van der Waals surface area contributed by atoms with Gasteiger partial charge in [-0.15, -0.1) is 0 Å². The Morgan fingerprint density at radius 2 is 2.00 bits per heavy atom. The molecule has 4 heterocycles. The molecule has 7 heteroatoms. The van der Waals surface area contributed by atoms with Crippen molar-refractivity contribution in [2.75, 3.05) is 11.1 Å². The van der Waals surface area contributed by atoms with Crippen LogP contribution in [0.1, 0.15) is 17.8 Å². The maximum Gasteiger partial charge on any atom is 0.218 e. The summed E-state index contributed by atoms with van der Waals surface area (Å²) in [5.41, 5.74) is 9.26. The molecule has 0 atom stereocenters. The average molecular weight is 398 g/mol. The van der Waals surface area contributed by atoms with Crippen LogP contribution < -0.4 is 15.8 Å². The topological polar surface area (TPSA) is 90.9 Å². The number of rotatable bonds is 5. The Bertz CT molecular complexity index is 1230. The van der Waals surface area contributed by atoms with E-state index in [0.717, 1.165) is 47.2 Å². The molecule has 1 aliphatic heterocycles. The molecule has 0 bridgehead atoms. The van der Waals surface area contributed by atoms with Gasteiger partial charge in [-0.25, -0.2) is 15.0 Å². The van der Waals surface area contributed by atoms with Crippen LogP contribution in [-0.4, -0.2) is 19.5 Å². The number of allylic oxidation sites excluding steroid dienone is 1. The summed E-state index contributed by atoms with van der Waals surface area (Å²) in [5.74, 6) is 2.22. The number of nitrogens with two attached hydrogens (primary N) is 1. The second kappa shape index (κ2) is 7.87. The molecule has 150 valence electrons. The van der Waals surface area contributed by atoms with Gasteiger partial charge in [-0.05, 0) is 53.3 Å². The number of aromatic nitrogens is 4. The van der Waals surface area contributed by atoms with E-state index in [-0.39, 0.29) is 0 Å². The van der Waals surface area contributed by atoms with E-state index in [1.807, 2.05) is 49.0 Å². The van der Waals surface area contributed by atoms with Crippen molar-refractivity contribution in [3.05, 3.63) is 84.4 Å². The molecule has 0 saturated carbocycles. The molecule has 0 aliphatic carbocycles. The maximum absolute atomic E-state index is 5.93. The maximum atomic E-state index is 5.93. The van der Waals surface area contributed by atoms with Crippen molar-refractivity contribution in [3.8, 4) is 5.88 Å². The lowest BCUT2D eigenvalue weighted by Crippen LogP contribution is -2.12. The molecule has 4 aromatic rings. The van der Waals surface area contributed by atoms with Crippen LogP contribution in [0.3, 0.4) is 0 Å². The fourth-order valence-electron chi connectivity index (χ4n) is 3.65. The van der Waals surface area contributed by atoms with Crippen molar-refractivity contribution in [2.24, 2.45) is 0 Å². The monoisotopic (exact) mass is 398 g/mol. The number of pyridine rings is 2. The summed E-state index contributed by atoms with van der Waals surface area (Å²) in [7, 11) is 0. The highest BCUT2D eigenvalue weighted by Gasteiger charge is 2.13. The first-order valence-corrected chi connectivity index (χ1v) is 9.92. The second-order valence-electron chi connectivity index (χ2n) is 7.35. The van der Waals surface area contributed by atoms with Crippen molar-refractivity contribution in [1.29, 1.82) is 0 Å². The molecule has 0 saturated heterocycles. The second-order valence-corrected chi connectivity index (χ2v) is 7.35. The first-order chi connectivity index (χ1) is 14.7. The highest BCUT2D eigenvalue weighted by molar-refractivity contribution is 5.92. The van der Waals surface area contributed by atoms with E-state index in [4.69, 9.17) is 10.5 Å². The molecule has 1 aromatic carbocycles. The third kappa shape index (κ3) is 3.82. The molecule has 7 nitrogen and oxygen atoms in total. The molecule has 0 fully saturated rings. The summed E-state index contributed by atoms with van der Waals surface area (Å²) in [6.07, 6.45) is 11.0. The molecule has 3 N–H and O–H groups in total. The van der Waals surface area contributed by atoms with E-state index in [1.54, 1.807) is 12.4 Å². The highest BCUT2D eigenvalue weighted by Crippen LogP contribution is 2.23. The van der Waals surface area contributed by atoms with E-state index in [1.165, 1.54) is 5.57 Å². The van der Waals surface area contributed by atoms with Crippen LogP contribution in [0.2, 0.25) is 0 Å². The third-order valence-electron chi connectivity index (χ3n) is 5.30. The van der Waals surface area contributed by atoms with Gasteiger partial charge in [0.15, 0.2) is 0 Å². The van der Waals surface area contributed by atoms with Gasteiger partial charge < -0.3 is 20.4 Å². The minimum absolute atomic E-state index is 0.547. The van der Waals surface area contributed by atoms with E-state index < -0.39 is 0 Å². The Kier molecular flexibility index (Phi) is 4.77. The van der Waals surface area contributed by atoms with Gasteiger partial charge in [-0.2, -0.15) is 0 Å². The van der Waals surface area contributed by atoms with E-state index >= 15 is 0 Å².